The molecule has 3 aromatic rings. The average Bonchev–Trinajstić information content (AvgIpc) is 2.62. The van der Waals surface area contributed by atoms with Crippen LogP contribution in [0, 0.1) is 6.92 Å². The molecule has 0 bridgehead atoms. The average molecular weight is 367 g/mol. The molecule has 0 aliphatic carbocycles. The van der Waals surface area contributed by atoms with E-state index in [1.54, 1.807) is 6.20 Å². The van der Waals surface area contributed by atoms with Crippen LogP contribution in [0.3, 0.4) is 0 Å². The molecule has 0 aliphatic rings. The van der Waals surface area contributed by atoms with Gasteiger partial charge in [0, 0.05) is 23.7 Å². The van der Waals surface area contributed by atoms with Crippen LogP contribution in [0.25, 0.3) is 5.65 Å². The molecule has 0 saturated carbocycles. The van der Waals surface area contributed by atoms with E-state index in [-0.39, 0.29) is 11.5 Å². The topological polar surface area (TPSA) is 63.5 Å². The van der Waals surface area contributed by atoms with Gasteiger partial charge in [-0.15, -0.1) is 11.8 Å². The van der Waals surface area contributed by atoms with Crippen molar-refractivity contribution in [3.05, 3.63) is 75.8 Å². The standard InChI is InChI=1S/C20H21N3O2S/c1-3-15-5-4-6-16(9-15)22-19(24)13-26-12-17-10-20(25)23-11-14(2)7-8-18(23)21-17/h4-11H,3,12-13H2,1-2H3,(H,22,24). The molecule has 1 N–H and O–H groups in total. The summed E-state index contributed by atoms with van der Waals surface area (Å²) in [7, 11) is 0. The number of fused-ring (bicyclic) bond motifs is 1. The van der Waals surface area contributed by atoms with Crippen molar-refractivity contribution in [3.63, 3.8) is 0 Å². The van der Waals surface area contributed by atoms with E-state index in [0.29, 0.717) is 22.8 Å². The van der Waals surface area contributed by atoms with Crippen LogP contribution in [-0.2, 0) is 17.0 Å². The third-order valence-electron chi connectivity index (χ3n) is 3.96. The Morgan fingerprint density at radius 1 is 1.23 bits per heavy atom. The number of aryl methyl sites for hydroxylation is 2. The maximum atomic E-state index is 12.2. The quantitative estimate of drug-likeness (QED) is 0.725. The van der Waals surface area contributed by atoms with Crippen LogP contribution >= 0.6 is 11.8 Å². The molecule has 134 valence electrons. The number of carbonyl (C=O) groups excluding carboxylic acids is 1. The van der Waals surface area contributed by atoms with Crippen molar-refractivity contribution in [2.45, 2.75) is 26.0 Å². The van der Waals surface area contributed by atoms with Crippen LogP contribution in [0.1, 0.15) is 23.7 Å². The number of hydrogen-bond donors (Lipinski definition) is 1. The summed E-state index contributed by atoms with van der Waals surface area (Å²) in [5, 5.41) is 2.90. The molecule has 0 atom stereocenters. The molecule has 1 amide bonds. The van der Waals surface area contributed by atoms with Crippen molar-refractivity contribution < 1.29 is 4.79 Å². The first-order valence-corrected chi connectivity index (χ1v) is 9.66. The number of carbonyl (C=O) groups is 1. The number of nitrogens with zero attached hydrogens (tertiary/aromatic N) is 2. The minimum Gasteiger partial charge on any atom is -0.325 e. The van der Waals surface area contributed by atoms with Gasteiger partial charge in [0.25, 0.3) is 5.56 Å². The second-order valence-corrected chi connectivity index (χ2v) is 7.10. The molecule has 3 rings (SSSR count). The van der Waals surface area contributed by atoms with E-state index >= 15 is 0 Å². The van der Waals surface area contributed by atoms with E-state index in [2.05, 4.69) is 17.2 Å². The summed E-state index contributed by atoms with van der Waals surface area (Å²) >= 11 is 1.44. The van der Waals surface area contributed by atoms with Crippen LogP contribution in [0.4, 0.5) is 5.69 Å². The summed E-state index contributed by atoms with van der Waals surface area (Å²) in [6.45, 7) is 4.02. The molecule has 0 fully saturated rings. The highest BCUT2D eigenvalue weighted by Crippen LogP contribution is 2.14. The molecule has 2 heterocycles. The smallest absolute Gasteiger partial charge is 0.258 e. The number of aromatic nitrogens is 2. The second-order valence-electron chi connectivity index (χ2n) is 6.12. The molecule has 2 aromatic heterocycles. The van der Waals surface area contributed by atoms with Crippen molar-refractivity contribution in [2.24, 2.45) is 0 Å². The monoisotopic (exact) mass is 367 g/mol. The van der Waals surface area contributed by atoms with Crippen LogP contribution in [0.5, 0.6) is 0 Å². The van der Waals surface area contributed by atoms with Crippen molar-refractivity contribution >= 4 is 29.0 Å². The van der Waals surface area contributed by atoms with Gasteiger partial charge in [-0.05, 0) is 42.7 Å². The largest absolute Gasteiger partial charge is 0.325 e. The highest BCUT2D eigenvalue weighted by Gasteiger charge is 2.06. The van der Waals surface area contributed by atoms with Gasteiger partial charge in [0.2, 0.25) is 5.91 Å². The first-order chi connectivity index (χ1) is 12.5. The first-order valence-electron chi connectivity index (χ1n) is 8.50. The van der Waals surface area contributed by atoms with Gasteiger partial charge in [0.05, 0.1) is 11.4 Å². The maximum Gasteiger partial charge on any atom is 0.258 e. The number of nitrogens with one attached hydrogen (secondary N) is 1. The van der Waals surface area contributed by atoms with Gasteiger partial charge in [0.1, 0.15) is 5.65 Å². The van der Waals surface area contributed by atoms with Gasteiger partial charge in [0.15, 0.2) is 0 Å². The van der Waals surface area contributed by atoms with Crippen molar-refractivity contribution in [3.8, 4) is 0 Å². The second kappa shape index (κ2) is 8.19. The zero-order chi connectivity index (χ0) is 18.5. The predicted molar refractivity (Wildman–Crippen MR) is 107 cm³/mol. The third kappa shape index (κ3) is 4.52. The minimum absolute atomic E-state index is 0.0589. The Hall–Kier alpha value is -2.60. The normalized spacial score (nSPS) is 10.8. The molecule has 6 heteroatoms. The van der Waals surface area contributed by atoms with Gasteiger partial charge >= 0.3 is 0 Å². The van der Waals surface area contributed by atoms with Crippen LogP contribution in [-0.4, -0.2) is 21.0 Å². The number of hydrogen-bond acceptors (Lipinski definition) is 4. The van der Waals surface area contributed by atoms with E-state index in [4.69, 9.17) is 0 Å². The molecule has 5 nitrogen and oxygen atoms in total. The van der Waals surface area contributed by atoms with E-state index in [1.807, 2.05) is 43.3 Å². The molecular formula is C20H21N3O2S. The van der Waals surface area contributed by atoms with Gasteiger partial charge in [-0.1, -0.05) is 25.1 Å². The fourth-order valence-corrected chi connectivity index (χ4v) is 3.36. The lowest BCUT2D eigenvalue weighted by Gasteiger charge is -2.07. The number of rotatable bonds is 6. The summed E-state index contributed by atoms with van der Waals surface area (Å²) in [5.74, 6) is 0.768. The highest BCUT2D eigenvalue weighted by atomic mass is 32.2. The van der Waals surface area contributed by atoms with Crippen molar-refractivity contribution in [1.82, 2.24) is 9.38 Å². The lowest BCUT2D eigenvalue weighted by atomic mass is 10.1. The first kappa shape index (κ1) is 18.2. The summed E-state index contributed by atoms with van der Waals surface area (Å²) in [6.07, 6.45) is 2.71. The molecule has 0 radical (unpaired) electrons. The minimum atomic E-state index is -0.102. The number of thioether (sulfide) groups is 1. The van der Waals surface area contributed by atoms with E-state index in [1.165, 1.54) is 27.8 Å². The Kier molecular flexibility index (Phi) is 5.73. The Balaban J connectivity index is 1.59. The predicted octanol–water partition coefficient (Wildman–Crippen LogP) is 3.44. The zero-order valence-electron chi connectivity index (χ0n) is 14.9. The van der Waals surface area contributed by atoms with E-state index in [0.717, 1.165) is 17.7 Å². The lowest BCUT2D eigenvalue weighted by molar-refractivity contribution is -0.113. The Morgan fingerprint density at radius 3 is 2.88 bits per heavy atom. The molecule has 0 aliphatic heterocycles. The zero-order valence-corrected chi connectivity index (χ0v) is 15.7. The van der Waals surface area contributed by atoms with E-state index < -0.39 is 0 Å². The fraction of sp³-hybridized carbons (Fsp3) is 0.250. The molecule has 0 spiro atoms. The Labute approximate surface area is 156 Å². The Bertz CT molecular complexity index is 998. The molecule has 1 aromatic carbocycles. The van der Waals surface area contributed by atoms with Gasteiger partial charge in [-0.2, -0.15) is 0 Å². The molecule has 26 heavy (non-hydrogen) atoms. The van der Waals surface area contributed by atoms with Crippen molar-refractivity contribution in [2.75, 3.05) is 11.1 Å². The summed E-state index contributed by atoms with van der Waals surface area (Å²) < 4.78 is 1.54. The number of anilines is 1. The van der Waals surface area contributed by atoms with Crippen LogP contribution in [0.2, 0.25) is 0 Å². The fourth-order valence-electron chi connectivity index (χ4n) is 2.65. The van der Waals surface area contributed by atoms with E-state index in [9.17, 15) is 9.59 Å². The Morgan fingerprint density at radius 2 is 2.08 bits per heavy atom. The summed E-state index contributed by atoms with van der Waals surface area (Å²) in [4.78, 5) is 28.8. The van der Waals surface area contributed by atoms with Gasteiger partial charge < -0.3 is 5.32 Å². The number of amides is 1. The summed E-state index contributed by atoms with van der Waals surface area (Å²) in [6, 6.07) is 13.1. The third-order valence-corrected chi connectivity index (χ3v) is 4.93. The number of pyridine rings is 1. The lowest BCUT2D eigenvalue weighted by Crippen LogP contribution is -2.16. The van der Waals surface area contributed by atoms with Crippen molar-refractivity contribution in [1.29, 1.82) is 0 Å². The number of benzene rings is 1. The van der Waals surface area contributed by atoms with Gasteiger partial charge in [-0.25, -0.2) is 4.98 Å². The SMILES string of the molecule is CCc1cccc(NC(=O)CSCc2cc(=O)n3cc(C)ccc3n2)c1. The molecule has 0 unspecified atom stereocenters. The molecular weight excluding hydrogens is 346 g/mol. The van der Waals surface area contributed by atoms with Crippen LogP contribution < -0.4 is 10.9 Å². The summed E-state index contributed by atoms with van der Waals surface area (Å²) in [5.41, 5.74) is 4.21. The van der Waals surface area contributed by atoms with Crippen LogP contribution in [0.15, 0.2) is 53.5 Å². The molecule has 0 saturated heterocycles. The van der Waals surface area contributed by atoms with Gasteiger partial charge in [-0.3, -0.25) is 14.0 Å². The highest BCUT2D eigenvalue weighted by molar-refractivity contribution is 7.99. The maximum absolute atomic E-state index is 12.2.